The Bertz CT molecular complexity index is 2220. The summed E-state index contributed by atoms with van der Waals surface area (Å²) in [6, 6.07) is 12.8. The van der Waals surface area contributed by atoms with Crippen molar-refractivity contribution in [3.05, 3.63) is 82.1 Å². The van der Waals surface area contributed by atoms with Crippen LogP contribution in [0.2, 0.25) is 0 Å². The summed E-state index contributed by atoms with van der Waals surface area (Å²) in [6.45, 7) is 15.7. The van der Waals surface area contributed by atoms with Gasteiger partial charge in [-0.15, -0.1) is 22.7 Å². The highest BCUT2D eigenvalue weighted by Crippen LogP contribution is 2.30. The third-order valence-corrected chi connectivity index (χ3v) is 14.2. The highest BCUT2D eigenvalue weighted by atomic mass is 32.1. The average molecular weight is 971 g/mol. The molecule has 16 nitrogen and oxygen atoms in total. The molecule has 4 N–H and O–H groups in total. The van der Waals surface area contributed by atoms with Crippen molar-refractivity contribution in [2.75, 3.05) is 39.5 Å². The van der Waals surface area contributed by atoms with E-state index in [9.17, 15) is 28.8 Å². The van der Waals surface area contributed by atoms with E-state index in [1.807, 2.05) is 115 Å². The molecule has 6 amide bonds. The molecule has 0 spiro atoms. The molecule has 0 radical (unpaired) electrons. The van der Waals surface area contributed by atoms with Gasteiger partial charge >= 0.3 is 0 Å². The van der Waals surface area contributed by atoms with Crippen LogP contribution in [0, 0.1) is 24.7 Å². The van der Waals surface area contributed by atoms with Crippen LogP contribution in [0.5, 0.6) is 0 Å². The summed E-state index contributed by atoms with van der Waals surface area (Å²) in [4.78, 5) is 95.0. The monoisotopic (exact) mass is 970 g/mol. The van der Waals surface area contributed by atoms with Crippen molar-refractivity contribution in [3.8, 4) is 20.9 Å². The first-order valence-corrected chi connectivity index (χ1v) is 25.0. The second-order valence-electron chi connectivity index (χ2n) is 19.6. The normalized spacial score (nSPS) is 17.1. The number of carbonyl (C=O) groups excluding carboxylic acids is 6. The Balaban J connectivity index is 0.909. The predicted octanol–water partition coefficient (Wildman–Crippen LogP) is 5.56. The minimum Gasteiger partial charge on any atom is -0.369 e. The summed E-state index contributed by atoms with van der Waals surface area (Å²) >= 11 is 3.16. The van der Waals surface area contributed by atoms with E-state index in [0.717, 1.165) is 43.4 Å². The van der Waals surface area contributed by atoms with Gasteiger partial charge < -0.3 is 40.5 Å². The second-order valence-corrected chi connectivity index (χ2v) is 21.3. The van der Waals surface area contributed by atoms with Crippen LogP contribution in [0.3, 0.4) is 0 Å². The van der Waals surface area contributed by atoms with Crippen molar-refractivity contribution >= 4 is 58.1 Å². The molecule has 2 aliphatic rings. The van der Waals surface area contributed by atoms with Crippen molar-refractivity contribution in [3.63, 3.8) is 0 Å². The predicted molar refractivity (Wildman–Crippen MR) is 262 cm³/mol. The van der Waals surface area contributed by atoms with E-state index >= 15 is 0 Å². The molecule has 0 unspecified atom stereocenters. The number of amides is 6. The van der Waals surface area contributed by atoms with Gasteiger partial charge in [0.1, 0.15) is 37.4 Å². The van der Waals surface area contributed by atoms with E-state index in [2.05, 4.69) is 31.2 Å². The van der Waals surface area contributed by atoms with Crippen molar-refractivity contribution in [2.45, 2.75) is 118 Å². The third kappa shape index (κ3) is 13.6. The summed E-state index contributed by atoms with van der Waals surface area (Å²) in [5.74, 6) is -2.18. The number of hydrogen-bond acceptors (Lipinski definition) is 12. The number of ether oxygens (including phenoxy) is 2. The lowest BCUT2D eigenvalue weighted by atomic mass is 9.85. The average Bonchev–Trinajstić information content (AvgIpc) is 4.15. The van der Waals surface area contributed by atoms with Gasteiger partial charge in [0.15, 0.2) is 0 Å². The molecule has 2 fully saturated rings. The quantitative estimate of drug-likeness (QED) is 0.0863. The molecule has 2 saturated heterocycles. The van der Waals surface area contributed by atoms with Crippen LogP contribution in [0.25, 0.3) is 20.9 Å². The van der Waals surface area contributed by atoms with Crippen LogP contribution < -0.4 is 21.3 Å². The van der Waals surface area contributed by atoms with Crippen LogP contribution >= 0.6 is 22.7 Å². The van der Waals surface area contributed by atoms with E-state index in [-0.39, 0.29) is 50.1 Å². The lowest BCUT2D eigenvalue weighted by Gasteiger charge is -2.35. The van der Waals surface area contributed by atoms with Gasteiger partial charge in [0.05, 0.1) is 45.4 Å². The fourth-order valence-corrected chi connectivity index (χ4v) is 10.0. The molecular formula is C50H66N8O8S2. The van der Waals surface area contributed by atoms with Gasteiger partial charge in [0.25, 0.3) is 0 Å². The standard InChI is InChI=1S/C50H66N8O8S2/c1-31-41(67-29-53-31)35-17-13-33(14-18-35)25-51-45(61)37-11-9-21-57(37)47(63)43(49(3,4)5)55-39(59)27-65-23-24-66-28-40(60)56-44(50(6,7)8)48(64)58-22-10-12-38(58)46(62)52-26-34-15-19-36(20-16-34)42-32(2)54-30-68-42/h13-20,29-30,37-38,43-44H,9-12,21-28H2,1-8H3,(H,51,61)(H,52,62)(H,55,59)(H,56,60)/t37-,38-,43+,44+/m0/s1. The summed E-state index contributed by atoms with van der Waals surface area (Å²) in [6.07, 6.45) is 2.36. The van der Waals surface area contributed by atoms with E-state index in [4.69, 9.17) is 9.47 Å². The lowest BCUT2D eigenvalue weighted by molar-refractivity contribution is -0.145. The molecule has 0 aliphatic carbocycles. The summed E-state index contributed by atoms with van der Waals surface area (Å²) < 4.78 is 11.1. The van der Waals surface area contributed by atoms with Crippen molar-refractivity contribution < 1.29 is 38.2 Å². The molecule has 4 aromatic rings. The number of thiazole rings is 2. The number of carbonyl (C=O) groups is 6. The minimum atomic E-state index is -0.916. The summed E-state index contributed by atoms with van der Waals surface area (Å²) in [7, 11) is 0. The Morgan fingerprint density at radius 1 is 0.618 bits per heavy atom. The molecule has 68 heavy (non-hydrogen) atoms. The SMILES string of the molecule is Cc1ncsc1-c1ccc(CNC(=O)[C@@H]2CCCN2C(=O)[C@@H](NC(=O)COCCOCC(=O)N[C@H](C(=O)N2CCC[C@H]2C(=O)NCc2ccc(-c3scnc3C)cc2)C(C)(C)C)C(C)(C)C)cc1. The number of aromatic nitrogens is 2. The molecule has 4 atom stereocenters. The van der Waals surface area contributed by atoms with Crippen molar-refractivity contribution in [2.24, 2.45) is 10.8 Å². The molecule has 366 valence electrons. The van der Waals surface area contributed by atoms with Crippen molar-refractivity contribution in [1.82, 2.24) is 41.0 Å². The number of aryl methyl sites for hydroxylation is 2. The molecular weight excluding hydrogens is 905 g/mol. The lowest BCUT2D eigenvalue weighted by Crippen LogP contribution is -2.58. The van der Waals surface area contributed by atoms with E-state index in [1.165, 1.54) is 0 Å². The van der Waals surface area contributed by atoms with E-state index < -0.39 is 46.8 Å². The first-order chi connectivity index (χ1) is 32.3. The first kappa shape index (κ1) is 51.8. The number of hydrogen-bond donors (Lipinski definition) is 4. The summed E-state index contributed by atoms with van der Waals surface area (Å²) in [5, 5.41) is 11.6. The van der Waals surface area contributed by atoms with Gasteiger partial charge in [-0.3, -0.25) is 28.8 Å². The van der Waals surface area contributed by atoms with Crippen LogP contribution in [0.1, 0.15) is 89.7 Å². The zero-order valence-corrected chi connectivity index (χ0v) is 42.1. The molecule has 0 bridgehead atoms. The summed E-state index contributed by atoms with van der Waals surface area (Å²) in [5.41, 5.74) is 8.24. The number of nitrogens with one attached hydrogen (secondary N) is 4. The number of likely N-dealkylation sites (tertiary alicyclic amines) is 2. The topological polar surface area (TPSA) is 201 Å². The minimum absolute atomic E-state index is 0.0149. The Morgan fingerprint density at radius 2 is 0.985 bits per heavy atom. The maximum absolute atomic E-state index is 14.0. The smallest absolute Gasteiger partial charge is 0.246 e. The van der Waals surface area contributed by atoms with Crippen LogP contribution in [0.15, 0.2) is 59.6 Å². The number of benzene rings is 2. The van der Waals surface area contributed by atoms with E-state index in [1.54, 1.807) is 32.5 Å². The Hall–Kier alpha value is -5.56. The van der Waals surface area contributed by atoms with Gasteiger partial charge in [-0.1, -0.05) is 90.1 Å². The van der Waals surface area contributed by atoms with Gasteiger partial charge in [0, 0.05) is 26.2 Å². The molecule has 18 heteroatoms. The second kappa shape index (κ2) is 23.2. The Morgan fingerprint density at radius 3 is 1.31 bits per heavy atom. The molecule has 2 aromatic heterocycles. The highest BCUT2D eigenvalue weighted by molar-refractivity contribution is 7.13. The third-order valence-electron chi connectivity index (χ3n) is 12.2. The number of rotatable bonds is 19. The highest BCUT2D eigenvalue weighted by Gasteiger charge is 2.43. The van der Waals surface area contributed by atoms with Crippen LogP contribution in [0.4, 0.5) is 0 Å². The van der Waals surface area contributed by atoms with Gasteiger partial charge in [-0.05, 0) is 72.6 Å². The zero-order valence-electron chi connectivity index (χ0n) is 40.4. The molecule has 4 heterocycles. The van der Waals surface area contributed by atoms with Crippen LogP contribution in [-0.2, 0) is 51.3 Å². The van der Waals surface area contributed by atoms with Gasteiger partial charge in [0.2, 0.25) is 35.4 Å². The Kier molecular flexibility index (Phi) is 17.7. The molecule has 2 aliphatic heterocycles. The maximum atomic E-state index is 14.0. The number of nitrogens with zero attached hydrogens (tertiary/aromatic N) is 4. The van der Waals surface area contributed by atoms with Gasteiger partial charge in [-0.2, -0.15) is 0 Å². The zero-order chi connectivity index (χ0) is 49.2. The van der Waals surface area contributed by atoms with Gasteiger partial charge in [-0.25, -0.2) is 9.97 Å². The van der Waals surface area contributed by atoms with Crippen LogP contribution in [-0.4, -0.2) is 119 Å². The fraction of sp³-hybridized carbons (Fsp3) is 0.520. The van der Waals surface area contributed by atoms with E-state index in [0.29, 0.717) is 51.9 Å². The molecule has 2 aromatic carbocycles. The van der Waals surface area contributed by atoms with Crippen molar-refractivity contribution in [1.29, 1.82) is 0 Å². The largest absolute Gasteiger partial charge is 0.369 e. The molecule has 6 rings (SSSR count). The maximum Gasteiger partial charge on any atom is 0.246 e. The first-order valence-electron chi connectivity index (χ1n) is 23.2. The fourth-order valence-electron chi connectivity index (χ4n) is 8.41. The molecule has 0 saturated carbocycles. The Labute approximate surface area is 407 Å².